The van der Waals surface area contributed by atoms with Crippen molar-refractivity contribution >= 4 is 12.0 Å². The molecule has 13 nitrogen and oxygen atoms in total. The van der Waals surface area contributed by atoms with Gasteiger partial charge < -0.3 is 49.8 Å². The van der Waals surface area contributed by atoms with Crippen molar-refractivity contribution in [3.63, 3.8) is 0 Å². The third-order valence-electron chi connectivity index (χ3n) is 7.74. The van der Waals surface area contributed by atoms with Gasteiger partial charge in [0.1, 0.15) is 55.8 Å². The number of aliphatic hydroxyl groups excluding tert-OH is 5. The standard InChI is InChI=1S/C30H34F2N2O11/c1-13(29(40)33-20-21(35)23(37)28-27(22(20)36)41-12-42-28)9-15-7-8-19(18(32)10-15)44-30-25(39)24(38)26(45-30)14(2)34-43-11-16-5-3-4-6-17(16)31/h3-10,20-25,27-28,30,34-39H,11-12H2,1-2H3,(H,33,40)/t20-,21+,22-,23-,24+,25+,27+,28-,30-/m1/s1. The van der Waals surface area contributed by atoms with Gasteiger partial charge in [-0.25, -0.2) is 8.78 Å². The number of carbonyl (C=O) groups is 1. The van der Waals surface area contributed by atoms with E-state index in [-0.39, 0.29) is 47.3 Å². The normalized spacial score (nSPS) is 32.5. The second-order valence-electron chi connectivity index (χ2n) is 10.9. The number of amides is 1. The fraction of sp³-hybridized carbons (Fsp3) is 0.433. The number of hydroxylamine groups is 1. The average Bonchev–Trinajstić information content (AvgIpc) is 3.62. The summed E-state index contributed by atoms with van der Waals surface area (Å²) in [6.07, 6.45) is -9.41. The van der Waals surface area contributed by atoms with Crippen LogP contribution in [-0.4, -0.2) is 93.3 Å². The molecule has 0 bridgehead atoms. The molecule has 0 spiro atoms. The van der Waals surface area contributed by atoms with E-state index in [1.165, 1.54) is 50.3 Å². The molecule has 1 aliphatic carbocycles. The number of allylic oxidation sites excluding steroid dienone is 1. The van der Waals surface area contributed by atoms with Crippen LogP contribution < -0.4 is 15.5 Å². The maximum Gasteiger partial charge on any atom is 0.269 e. The van der Waals surface area contributed by atoms with E-state index in [0.29, 0.717) is 0 Å². The number of fused-ring (bicyclic) bond motifs is 1. The average molecular weight is 637 g/mol. The zero-order valence-electron chi connectivity index (χ0n) is 24.2. The number of ether oxygens (including phenoxy) is 4. The van der Waals surface area contributed by atoms with Crippen LogP contribution in [0.25, 0.3) is 6.08 Å². The maximum atomic E-state index is 15.0. The summed E-state index contributed by atoms with van der Waals surface area (Å²) < 4.78 is 50.2. The van der Waals surface area contributed by atoms with Crippen molar-refractivity contribution in [2.75, 3.05) is 6.79 Å². The summed E-state index contributed by atoms with van der Waals surface area (Å²) in [5, 5.41) is 54.6. The number of nitrogens with one attached hydrogen (secondary N) is 2. The first-order chi connectivity index (χ1) is 21.5. The van der Waals surface area contributed by atoms with E-state index in [9.17, 15) is 39.1 Å². The summed E-state index contributed by atoms with van der Waals surface area (Å²) in [4.78, 5) is 18.1. The molecule has 244 valence electrons. The van der Waals surface area contributed by atoms with E-state index in [1.807, 2.05) is 0 Å². The lowest BCUT2D eigenvalue weighted by molar-refractivity contribution is -0.155. The van der Waals surface area contributed by atoms with Gasteiger partial charge in [-0.15, -0.1) is 0 Å². The highest BCUT2D eigenvalue weighted by Gasteiger charge is 2.53. The first kappa shape index (κ1) is 32.7. The summed E-state index contributed by atoms with van der Waals surface area (Å²) in [7, 11) is 0. The quantitative estimate of drug-likeness (QED) is 0.146. The molecule has 3 fully saturated rings. The first-order valence-electron chi connectivity index (χ1n) is 14.0. The van der Waals surface area contributed by atoms with Crippen LogP contribution in [-0.2, 0) is 30.4 Å². The molecule has 1 amide bonds. The van der Waals surface area contributed by atoms with Crippen LogP contribution in [0.15, 0.2) is 59.5 Å². The summed E-state index contributed by atoms with van der Waals surface area (Å²) >= 11 is 0. The first-order valence-corrected chi connectivity index (χ1v) is 14.0. The van der Waals surface area contributed by atoms with Crippen molar-refractivity contribution in [3.05, 3.63) is 82.3 Å². The molecule has 9 atom stereocenters. The molecule has 2 aromatic carbocycles. The number of hydrogen-bond acceptors (Lipinski definition) is 12. The van der Waals surface area contributed by atoms with Gasteiger partial charge in [-0.05, 0) is 43.7 Å². The Kier molecular flexibility index (Phi) is 10.0. The number of halogens is 2. The van der Waals surface area contributed by atoms with Crippen molar-refractivity contribution in [1.82, 2.24) is 10.8 Å². The number of aliphatic hydroxyl groups is 5. The Balaban J connectivity index is 1.19. The van der Waals surface area contributed by atoms with Gasteiger partial charge in [-0.2, -0.15) is 0 Å². The Morgan fingerprint density at radius 3 is 2.38 bits per heavy atom. The molecular weight excluding hydrogens is 602 g/mol. The largest absolute Gasteiger partial charge is 0.452 e. The van der Waals surface area contributed by atoms with E-state index in [2.05, 4.69) is 10.8 Å². The minimum atomic E-state index is -1.59. The number of rotatable bonds is 9. The van der Waals surface area contributed by atoms with E-state index < -0.39 is 72.6 Å². The van der Waals surface area contributed by atoms with Gasteiger partial charge >= 0.3 is 0 Å². The summed E-state index contributed by atoms with van der Waals surface area (Å²) in [5.41, 5.74) is 3.33. The van der Waals surface area contributed by atoms with Gasteiger partial charge in [0, 0.05) is 11.1 Å². The number of benzene rings is 2. The molecular formula is C30H34F2N2O11. The van der Waals surface area contributed by atoms with E-state index in [4.69, 9.17) is 23.8 Å². The molecule has 2 aromatic rings. The fourth-order valence-corrected chi connectivity index (χ4v) is 5.22. The number of carbonyl (C=O) groups excluding carboxylic acids is 1. The van der Waals surface area contributed by atoms with Gasteiger partial charge in [0.15, 0.2) is 23.4 Å². The van der Waals surface area contributed by atoms with Crippen LogP contribution in [0.3, 0.4) is 0 Å². The summed E-state index contributed by atoms with van der Waals surface area (Å²) in [6, 6.07) is 8.48. The summed E-state index contributed by atoms with van der Waals surface area (Å²) in [5.74, 6) is -2.45. The fourth-order valence-electron chi connectivity index (χ4n) is 5.22. The van der Waals surface area contributed by atoms with Crippen molar-refractivity contribution in [3.8, 4) is 5.75 Å². The summed E-state index contributed by atoms with van der Waals surface area (Å²) in [6.45, 7) is 2.61. The molecule has 7 N–H and O–H groups in total. The predicted molar refractivity (Wildman–Crippen MR) is 149 cm³/mol. The Labute approximate surface area is 256 Å². The molecule has 3 aliphatic rings. The monoisotopic (exact) mass is 636 g/mol. The molecule has 2 heterocycles. The molecule has 45 heavy (non-hydrogen) atoms. The molecule has 5 rings (SSSR count). The van der Waals surface area contributed by atoms with Crippen LogP contribution in [0.5, 0.6) is 5.75 Å². The molecule has 0 aromatic heterocycles. The van der Waals surface area contributed by atoms with E-state index in [1.54, 1.807) is 6.07 Å². The van der Waals surface area contributed by atoms with Gasteiger partial charge in [0.25, 0.3) is 6.29 Å². The van der Waals surface area contributed by atoms with Crippen LogP contribution in [0.4, 0.5) is 8.78 Å². The third kappa shape index (κ3) is 6.95. The Morgan fingerprint density at radius 2 is 1.67 bits per heavy atom. The topological polar surface area (TPSA) is 188 Å². The smallest absolute Gasteiger partial charge is 0.269 e. The molecule has 0 radical (unpaired) electrons. The third-order valence-corrected chi connectivity index (χ3v) is 7.74. The van der Waals surface area contributed by atoms with E-state index in [0.717, 1.165) is 6.07 Å². The van der Waals surface area contributed by atoms with Crippen LogP contribution in [0.2, 0.25) is 0 Å². The minimum Gasteiger partial charge on any atom is -0.452 e. The Bertz CT molecular complexity index is 1460. The van der Waals surface area contributed by atoms with Gasteiger partial charge in [-0.3, -0.25) is 15.1 Å². The Hall–Kier alpha value is -3.67. The highest BCUT2D eigenvalue weighted by Crippen LogP contribution is 2.32. The van der Waals surface area contributed by atoms with Crippen molar-refractivity contribution in [2.24, 2.45) is 0 Å². The molecule has 0 unspecified atom stereocenters. The zero-order valence-corrected chi connectivity index (χ0v) is 24.2. The minimum absolute atomic E-state index is 0.0929. The van der Waals surface area contributed by atoms with Crippen LogP contribution >= 0.6 is 0 Å². The van der Waals surface area contributed by atoms with Crippen molar-refractivity contribution < 1.29 is 62.9 Å². The maximum absolute atomic E-state index is 15.0. The van der Waals surface area contributed by atoms with Crippen molar-refractivity contribution in [2.45, 2.75) is 75.5 Å². The Morgan fingerprint density at radius 1 is 0.956 bits per heavy atom. The second-order valence-corrected chi connectivity index (χ2v) is 10.9. The van der Waals surface area contributed by atoms with E-state index >= 15 is 0 Å². The predicted octanol–water partition coefficient (Wildman–Crippen LogP) is 0.100. The zero-order chi connectivity index (χ0) is 32.4. The lowest BCUT2D eigenvalue weighted by Crippen LogP contribution is -2.67. The van der Waals surface area contributed by atoms with Gasteiger partial charge in [0.2, 0.25) is 5.91 Å². The number of hydrogen-bond donors (Lipinski definition) is 7. The SMILES string of the molecule is CC(=Cc1ccc(O[C@@H]2OC(=C(C)NOCc3ccccc3F)[C@@H](O)[C@@H]2O)c(F)c1)C(=O)N[C@@H]1[C@H](O)[C@@H](O)[C@H]2OCO[C@H]2[C@@H]1O. The highest BCUT2D eigenvalue weighted by atomic mass is 19.1. The molecule has 1 saturated carbocycles. The lowest BCUT2D eigenvalue weighted by Gasteiger charge is -2.41. The highest BCUT2D eigenvalue weighted by molar-refractivity contribution is 5.97. The van der Waals surface area contributed by atoms with Crippen molar-refractivity contribution in [1.29, 1.82) is 0 Å². The lowest BCUT2D eigenvalue weighted by atomic mass is 9.83. The van der Waals surface area contributed by atoms with Crippen LogP contribution in [0.1, 0.15) is 25.0 Å². The molecule has 2 saturated heterocycles. The van der Waals surface area contributed by atoms with Crippen LogP contribution in [0, 0.1) is 11.6 Å². The molecule has 2 aliphatic heterocycles. The second kappa shape index (κ2) is 13.8. The van der Waals surface area contributed by atoms with Gasteiger partial charge in [0.05, 0.1) is 11.7 Å². The molecule has 15 heteroatoms. The van der Waals surface area contributed by atoms with Gasteiger partial charge in [-0.1, -0.05) is 24.3 Å².